The first kappa shape index (κ1) is 23.6. The Kier molecular flexibility index (Phi) is 7.86. The molecule has 0 aliphatic heterocycles. The van der Waals surface area contributed by atoms with Crippen LogP contribution in [-0.2, 0) is 16.0 Å². The van der Waals surface area contributed by atoms with Crippen LogP contribution in [0.4, 0.5) is 0 Å². The van der Waals surface area contributed by atoms with Crippen LogP contribution < -0.4 is 15.6 Å². The summed E-state index contributed by atoms with van der Waals surface area (Å²) in [6.45, 7) is 3.35. The number of esters is 1. The fourth-order valence-electron chi connectivity index (χ4n) is 3.57. The number of aromatic amines is 1. The van der Waals surface area contributed by atoms with Crippen LogP contribution in [0.5, 0.6) is 5.75 Å². The average molecular weight is 450 g/mol. The zero-order chi connectivity index (χ0) is 23.8. The number of carbonyl (C=O) groups excluding carboxylic acids is 3. The first-order chi connectivity index (χ1) is 16.0. The summed E-state index contributed by atoms with van der Waals surface area (Å²) < 4.78 is 10.5. The number of aryl methyl sites for hydroxylation is 1. The normalized spacial score (nSPS) is 10.4. The Bertz CT molecular complexity index is 1140. The van der Waals surface area contributed by atoms with Crippen LogP contribution in [0.2, 0.25) is 0 Å². The van der Waals surface area contributed by atoms with Gasteiger partial charge in [0.2, 0.25) is 0 Å². The summed E-state index contributed by atoms with van der Waals surface area (Å²) in [5.41, 5.74) is 8.20. The third kappa shape index (κ3) is 5.60. The summed E-state index contributed by atoms with van der Waals surface area (Å²) in [7, 11) is 1.29. The molecule has 0 unspecified atom stereocenters. The van der Waals surface area contributed by atoms with E-state index in [0.717, 1.165) is 17.5 Å². The van der Waals surface area contributed by atoms with Crippen LogP contribution in [0.25, 0.3) is 11.1 Å². The molecule has 8 nitrogen and oxygen atoms in total. The smallest absolute Gasteiger partial charge is 0.339 e. The third-order valence-corrected chi connectivity index (χ3v) is 5.05. The quantitative estimate of drug-likeness (QED) is 0.360. The lowest BCUT2D eigenvalue weighted by atomic mass is 10.0. The Morgan fingerprint density at radius 1 is 0.970 bits per heavy atom. The Labute approximate surface area is 192 Å². The number of nitrogens with one attached hydrogen (secondary N) is 3. The summed E-state index contributed by atoms with van der Waals surface area (Å²) in [4.78, 5) is 40.0. The van der Waals surface area contributed by atoms with E-state index < -0.39 is 17.8 Å². The van der Waals surface area contributed by atoms with E-state index >= 15 is 0 Å². The average Bonchev–Trinajstić information content (AvgIpc) is 3.17. The molecule has 33 heavy (non-hydrogen) atoms. The third-order valence-electron chi connectivity index (χ3n) is 5.05. The molecule has 1 aromatic heterocycles. The minimum Gasteiger partial charge on any atom is -0.483 e. The van der Waals surface area contributed by atoms with E-state index in [1.54, 1.807) is 13.0 Å². The molecule has 3 rings (SSSR count). The van der Waals surface area contributed by atoms with Crippen molar-refractivity contribution in [2.45, 2.75) is 26.7 Å². The van der Waals surface area contributed by atoms with Gasteiger partial charge >= 0.3 is 5.97 Å². The van der Waals surface area contributed by atoms with Crippen LogP contribution >= 0.6 is 0 Å². The number of benzene rings is 2. The number of H-pyrrole nitrogens is 1. The van der Waals surface area contributed by atoms with Gasteiger partial charge in [-0.1, -0.05) is 61.9 Å². The van der Waals surface area contributed by atoms with Gasteiger partial charge in [0.05, 0.1) is 12.7 Å². The van der Waals surface area contributed by atoms with Crippen molar-refractivity contribution >= 4 is 17.8 Å². The number of aromatic nitrogens is 1. The SMILES string of the molecule is CCCc1c(C(=O)NNC(=O)COc2ccccc2-c2ccccc2)[nH]c(C)c1C(=O)OC. The summed E-state index contributed by atoms with van der Waals surface area (Å²) in [6, 6.07) is 17.1. The standard InChI is InChI=1S/C25H27N3O5/c1-4-10-19-22(25(31)32-3)16(2)26-23(19)24(30)28-27-21(29)15-33-20-14-9-8-13-18(20)17-11-6-5-7-12-17/h5-9,11-14,26H,4,10,15H2,1-3H3,(H,27,29)(H,28,30). The fourth-order valence-corrected chi connectivity index (χ4v) is 3.57. The molecule has 0 aliphatic rings. The molecule has 2 aromatic carbocycles. The molecule has 0 radical (unpaired) electrons. The van der Waals surface area contributed by atoms with E-state index in [2.05, 4.69) is 15.8 Å². The second-order valence-corrected chi connectivity index (χ2v) is 7.37. The van der Waals surface area contributed by atoms with Gasteiger partial charge in [-0.25, -0.2) is 4.79 Å². The van der Waals surface area contributed by atoms with Crippen LogP contribution in [0.1, 0.15) is 45.4 Å². The van der Waals surface area contributed by atoms with E-state index in [9.17, 15) is 14.4 Å². The number of carbonyl (C=O) groups is 3. The van der Waals surface area contributed by atoms with Gasteiger partial charge in [-0.3, -0.25) is 20.4 Å². The highest BCUT2D eigenvalue weighted by Crippen LogP contribution is 2.29. The largest absolute Gasteiger partial charge is 0.483 e. The highest BCUT2D eigenvalue weighted by molar-refractivity contribution is 6.01. The van der Waals surface area contributed by atoms with Crippen LogP contribution in [-0.4, -0.2) is 36.5 Å². The maximum atomic E-state index is 12.7. The summed E-state index contributed by atoms with van der Waals surface area (Å²) >= 11 is 0. The van der Waals surface area contributed by atoms with Crippen LogP contribution in [0, 0.1) is 6.92 Å². The molecule has 0 fully saturated rings. The fraction of sp³-hybridized carbons (Fsp3) is 0.240. The summed E-state index contributed by atoms with van der Waals surface area (Å²) in [5.74, 6) is -1.05. The molecule has 1 heterocycles. The highest BCUT2D eigenvalue weighted by Gasteiger charge is 2.25. The molecule has 0 aliphatic carbocycles. The Hall–Kier alpha value is -4.07. The number of hydrogen-bond acceptors (Lipinski definition) is 5. The number of para-hydroxylation sites is 1. The van der Waals surface area contributed by atoms with E-state index in [1.807, 2.05) is 55.5 Å². The molecule has 0 bridgehead atoms. The molecule has 3 aromatic rings. The molecule has 0 saturated heterocycles. The maximum Gasteiger partial charge on any atom is 0.339 e. The number of amides is 2. The minimum atomic E-state index is -0.560. The predicted octanol–water partition coefficient (Wildman–Crippen LogP) is 3.57. The zero-order valence-electron chi connectivity index (χ0n) is 18.9. The topological polar surface area (TPSA) is 110 Å². The molecular formula is C25H27N3O5. The second-order valence-electron chi connectivity index (χ2n) is 7.37. The van der Waals surface area contributed by atoms with E-state index in [-0.39, 0.29) is 12.3 Å². The number of hydrogen-bond donors (Lipinski definition) is 3. The molecule has 2 amide bonds. The number of methoxy groups -OCH3 is 1. The molecule has 0 saturated carbocycles. The van der Waals surface area contributed by atoms with Gasteiger partial charge in [0.25, 0.3) is 11.8 Å². The van der Waals surface area contributed by atoms with Gasteiger partial charge in [-0.15, -0.1) is 0 Å². The summed E-state index contributed by atoms with van der Waals surface area (Å²) in [6.07, 6.45) is 1.23. The van der Waals surface area contributed by atoms with Crippen molar-refractivity contribution in [2.75, 3.05) is 13.7 Å². The molecule has 0 spiro atoms. The van der Waals surface area contributed by atoms with Gasteiger partial charge in [0.15, 0.2) is 6.61 Å². The van der Waals surface area contributed by atoms with Gasteiger partial charge in [0, 0.05) is 11.3 Å². The van der Waals surface area contributed by atoms with Crippen LogP contribution in [0.15, 0.2) is 54.6 Å². The predicted molar refractivity (Wildman–Crippen MR) is 124 cm³/mol. The lowest BCUT2D eigenvalue weighted by Gasteiger charge is -2.12. The number of rotatable bonds is 8. The molecule has 172 valence electrons. The van der Waals surface area contributed by atoms with E-state index in [1.165, 1.54) is 7.11 Å². The highest BCUT2D eigenvalue weighted by atomic mass is 16.5. The lowest BCUT2D eigenvalue weighted by molar-refractivity contribution is -0.123. The van der Waals surface area contributed by atoms with Gasteiger partial charge in [0.1, 0.15) is 11.4 Å². The Morgan fingerprint density at radius 2 is 1.67 bits per heavy atom. The maximum absolute atomic E-state index is 12.7. The lowest BCUT2D eigenvalue weighted by Crippen LogP contribution is -2.44. The molecule has 0 atom stereocenters. The van der Waals surface area contributed by atoms with Crippen molar-refractivity contribution in [1.82, 2.24) is 15.8 Å². The Balaban J connectivity index is 1.64. The molecular weight excluding hydrogens is 422 g/mol. The Morgan fingerprint density at radius 3 is 2.36 bits per heavy atom. The zero-order valence-corrected chi connectivity index (χ0v) is 18.9. The molecule has 3 N–H and O–H groups in total. The van der Waals surface area contributed by atoms with E-state index in [0.29, 0.717) is 29.0 Å². The molecule has 8 heteroatoms. The van der Waals surface area contributed by atoms with Gasteiger partial charge in [-0.2, -0.15) is 0 Å². The number of ether oxygens (including phenoxy) is 2. The van der Waals surface area contributed by atoms with Crippen molar-refractivity contribution in [2.24, 2.45) is 0 Å². The van der Waals surface area contributed by atoms with Crippen molar-refractivity contribution in [3.8, 4) is 16.9 Å². The monoisotopic (exact) mass is 449 g/mol. The number of hydrazine groups is 1. The van der Waals surface area contributed by atoms with E-state index in [4.69, 9.17) is 9.47 Å². The second kappa shape index (κ2) is 11.0. The first-order valence-corrected chi connectivity index (χ1v) is 10.6. The van der Waals surface area contributed by atoms with Crippen molar-refractivity contribution < 1.29 is 23.9 Å². The van der Waals surface area contributed by atoms with Crippen molar-refractivity contribution in [1.29, 1.82) is 0 Å². The van der Waals surface area contributed by atoms with Gasteiger partial charge < -0.3 is 14.5 Å². The minimum absolute atomic E-state index is 0.213. The van der Waals surface area contributed by atoms with Crippen molar-refractivity contribution in [3.05, 3.63) is 77.1 Å². The van der Waals surface area contributed by atoms with Crippen LogP contribution in [0.3, 0.4) is 0 Å². The van der Waals surface area contributed by atoms with Gasteiger partial charge in [-0.05, 0) is 30.5 Å². The first-order valence-electron chi connectivity index (χ1n) is 10.6. The van der Waals surface area contributed by atoms with Crippen molar-refractivity contribution in [3.63, 3.8) is 0 Å². The summed E-state index contributed by atoms with van der Waals surface area (Å²) in [5, 5.41) is 0.